The summed E-state index contributed by atoms with van der Waals surface area (Å²) in [5.74, 6) is 1.01. The van der Waals surface area contributed by atoms with Gasteiger partial charge in [-0.1, -0.05) is 13.8 Å². The summed E-state index contributed by atoms with van der Waals surface area (Å²) >= 11 is 0. The molecule has 0 aromatic rings. The number of ketones is 1. The van der Waals surface area contributed by atoms with Gasteiger partial charge in [0.2, 0.25) is 0 Å². The van der Waals surface area contributed by atoms with E-state index in [2.05, 4.69) is 6.92 Å². The first kappa shape index (κ1) is 11.6. The minimum atomic E-state index is 0.404. The van der Waals surface area contributed by atoms with Crippen LogP contribution < -0.4 is 5.73 Å². The predicted octanol–water partition coefficient (Wildman–Crippen LogP) is 2.12. The van der Waals surface area contributed by atoms with Gasteiger partial charge in [-0.3, -0.25) is 4.79 Å². The molecule has 0 spiro atoms. The molecule has 2 N–H and O–H groups in total. The zero-order valence-corrected chi connectivity index (χ0v) is 8.31. The molecule has 0 rings (SSSR count). The van der Waals surface area contributed by atoms with Gasteiger partial charge in [0.25, 0.3) is 0 Å². The van der Waals surface area contributed by atoms with Crippen molar-refractivity contribution in [1.29, 1.82) is 0 Å². The molecular weight excluding hydrogens is 150 g/mol. The molecular formula is C10H21NO. The summed E-state index contributed by atoms with van der Waals surface area (Å²) in [6.07, 6.45) is 4.52. The maximum atomic E-state index is 11.1. The molecule has 0 aromatic carbocycles. The minimum absolute atomic E-state index is 0.404. The van der Waals surface area contributed by atoms with Crippen molar-refractivity contribution in [2.24, 2.45) is 11.7 Å². The molecule has 0 saturated heterocycles. The van der Waals surface area contributed by atoms with Crippen LogP contribution in [0.4, 0.5) is 0 Å². The lowest BCUT2D eigenvalue weighted by Gasteiger charge is -2.07. The van der Waals surface area contributed by atoms with Gasteiger partial charge in [0, 0.05) is 12.8 Å². The lowest BCUT2D eigenvalue weighted by molar-refractivity contribution is -0.119. The van der Waals surface area contributed by atoms with Crippen molar-refractivity contribution in [3.05, 3.63) is 0 Å². The molecule has 1 unspecified atom stereocenters. The molecule has 0 aliphatic heterocycles. The molecule has 0 aliphatic rings. The summed E-state index contributed by atoms with van der Waals surface area (Å²) in [6.45, 7) is 4.94. The first-order valence-electron chi connectivity index (χ1n) is 4.92. The van der Waals surface area contributed by atoms with Gasteiger partial charge in [0.1, 0.15) is 5.78 Å². The number of rotatable bonds is 7. The van der Waals surface area contributed by atoms with Crippen molar-refractivity contribution in [2.75, 3.05) is 6.54 Å². The van der Waals surface area contributed by atoms with Crippen molar-refractivity contribution >= 4 is 5.78 Å². The maximum absolute atomic E-state index is 11.1. The van der Waals surface area contributed by atoms with E-state index in [4.69, 9.17) is 5.73 Å². The van der Waals surface area contributed by atoms with E-state index in [-0.39, 0.29) is 0 Å². The number of Topliss-reactive ketones (excluding diaryl/α,β-unsaturated/α-hetero) is 1. The zero-order valence-electron chi connectivity index (χ0n) is 8.31. The van der Waals surface area contributed by atoms with Gasteiger partial charge in [-0.15, -0.1) is 0 Å². The van der Waals surface area contributed by atoms with Crippen molar-refractivity contribution in [2.45, 2.75) is 46.0 Å². The monoisotopic (exact) mass is 171 g/mol. The summed E-state index contributed by atoms with van der Waals surface area (Å²) in [4.78, 5) is 11.1. The lowest BCUT2D eigenvalue weighted by Crippen LogP contribution is -2.07. The van der Waals surface area contributed by atoms with Crippen molar-refractivity contribution in [1.82, 2.24) is 0 Å². The van der Waals surface area contributed by atoms with Crippen LogP contribution in [0.1, 0.15) is 46.0 Å². The van der Waals surface area contributed by atoms with Gasteiger partial charge >= 0.3 is 0 Å². The van der Waals surface area contributed by atoms with Crippen LogP contribution >= 0.6 is 0 Å². The van der Waals surface area contributed by atoms with E-state index in [0.717, 1.165) is 38.6 Å². The topological polar surface area (TPSA) is 43.1 Å². The largest absolute Gasteiger partial charge is 0.330 e. The molecule has 0 amide bonds. The van der Waals surface area contributed by atoms with Gasteiger partial charge in [0.15, 0.2) is 0 Å². The third-order valence-corrected chi connectivity index (χ3v) is 2.10. The first-order valence-corrected chi connectivity index (χ1v) is 4.92. The minimum Gasteiger partial charge on any atom is -0.330 e. The lowest BCUT2D eigenvalue weighted by atomic mass is 9.99. The number of hydrogen-bond acceptors (Lipinski definition) is 2. The highest BCUT2D eigenvalue weighted by atomic mass is 16.1. The Morgan fingerprint density at radius 3 is 2.50 bits per heavy atom. The fraction of sp³-hybridized carbons (Fsp3) is 0.900. The average Bonchev–Trinajstić information content (AvgIpc) is 2.02. The van der Waals surface area contributed by atoms with E-state index >= 15 is 0 Å². The zero-order chi connectivity index (χ0) is 9.40. The predicted molar refractivity (Wildman–Crippen MR) is 52.0 cm³/mol. The molecule has 0 radical (unpaired) electrons. The highest BCUT2D eigenvalue weighted by Gasteiger charge is 2.04. The number of carbonyl (C=O) groups excluding carboxylic acids is 1. The molecule has 2 heteroatoms. The van der Waals surface area contributed by atoms with E-state index in [0.29, 0.717) is 11.7 Å². The van der Waals surface area contributed by atoms with Crippen LogP contribution in [0.2, 0.25) is 0 Å². The molecule has 0 fully saturated rings. The molecule has 0 saturated carbocycles. The van der Waals surface area contributed by atoms with Crippen LogP contribution in [0.15, 0.2) is 0 Å². The normalized spacial score (nSPS) is 12.9. The molecule has 12 heavy (non-hydrogen) atoms. The van der Waals surface area contributed by atoms with Crippen molar-refractivity contribution in [3.63, 3.8) is 0 Å². The summed E-state index contributed by atoms with van der Waals surface area (Å²) < 4.78 is 0. The molecule has 0 heterocycles. The van der Waals surface area contributed by atoms with Crippen LogP contribution in [-0.4, -0.2) is 12.3 Å². The quantitative estimate of drug-likeness (QED) is 0.637. The molecule has 0 aromatic heterocycles. The Balaban J connectivity index is 3.33. The standard InChI is InChI=1S/C10H21NO/c1-3-4-10(12)6-5-9(2)7-8-11/h9H,3-8,11H2,1-2H3. The molecule has 1 atom stereocenters. The Bertz CT molecular complexity index is 123. The van der Waals surface area contributed by atoms with E-state index in [1.807, 2.05) is 6.92 Å². The number of hydrogen-bond donors (Lipinski definition) is 1. The second-order valence-corrected chi connectivity index (χ2v) is 3.51. The van der Waals surface area contributed by atoms with E-state index < -0.39 is 0 Å². The molecule has 0 aliphatic carbocycles. The summed E-state index contributed by atoms with van der Waals surface area (Å²) in [7, 11) is 0. The summed E-state index contributed by atoms with van der Waals surface area (Å²) in [5.41, 5.74) is 5.41. The van der Waals surface area contributed by atoms with E-state index in [1.165, 1.54) is 0 Å². The van der Waals surface area contributed by atoms with E-state index in [1.54, 1.807) is 0 Å². The first-order chi connectivity index (χ1) is 5.70. The van der Waals surface area contributed by atoms with Crippen LogP contribution in [0.5, 0.6) is 0 Å². The molecule has 0 bridgehead atoms. The number of carbonyl (C=O) groups is 1. The highest BCUT2D eigenvalue weighted by molar-refractivity contribution is 5.78. The maximum Gasteiger partial charge on any atom is 0.132 e. The van der Waals surface area contributed by atoms with Crippen LogP contribution in [0, 0.1) is 5.92 Å². The van der Waals surface area contributed by atoms with Crippen LogP contribution in [0.3, 0.4) is 0 Å². The SMILES string of the molecule is CCCC(=O)CCC(C)CCN. The second kappa shape index (κ2) is 7.29. The average molecular weight is 171 g/mol. The smallest absolute Gasteiger partial charge is 0.132 e. The summed E-state index contributed by atoms with van der Waals surface area (Å²) in [6, 6.07) is 0. The van der Waals surface area contributed by atoms with Crippen LogP contribution in [-0.2, 0) is 4.79 Å². The summed E-state index contributed by atoms with van der Waals surface area (Å²) in [5, 5.41) is 0. The highest BCUT2D eigenvalue weighted by Crippen LogP contribution is 2.10. The van der Waals surface area contributed by atoms with Gasteiger partial charge in [-0.25, -0.2) is 0 Å². The third-order valence-electron chi connectivity index (χ3n) is 2.10. The molecule has 2 nitrogen and oxygen atoms in total. The van der Waals surface area contributed by atoms with Gasteiger partial charge in [0.05, 0.1) is 0 Å². The fourth-order valence-electron chi connectivity index (χ4n) is 1.24. The van der Waals surface area contributed by atoms with Gasteiger partial charge in [-0.2, -0.15) is 0 Å². The fourth-order valence-corrected chi connectivity index (χ4v) is 1.24. The van der Waals surface area contributed by atoms with Gasteiger partial charge in [-0.05, 0) is 31.7 Å². The Labute approximate surface area is 75.5 Å². The second-order valence-electron chi connectivity index (χ2n) is 3.51. The van der Waals surface area contributed by atoms with Crippen molar-refractivity contribution in [3.8, 4) is 0 Å². The number of nitrogens with two attached hydrogens (primary N) is 1. The van der Waals surface area contributed by atoms with Gasteiger partial charge < -0.3 is 5.73 Å². The Morgan fingerprint density at radius 1 is 1.33 bits per heavy atom. The molecule has 72 valence electrons. The Hall–Kier alpha value is -0.370. The van der Waals surface area contributed by atoms with E-state index in [9.17, 15) is 4.79 Å². The third kappa shape index (κ3) is 6.35. The Morgan fingerprint density at radius 2 is 2.00 bits per heavy atom. The van der Waals surface area contributed by atoms with Crippen LogP contribution in [0.25, 0.3) is 0 Å². The van der Waals surface area contributed by atoms with Crippen molar-refractivity contribution < 1.29 is 4.79 Å². The Kier molecular flexibility index (Phi) is 7.06.